The normalized spacial score (nSPS) is 14.0. The molecule has 12 nitrogen and oxygen atoms in total. The van der Waals surface area contributed by atoms with Crippen molar-refractivity contribution in [3.63, 3.8) is 0 Å². The second-order valence-electron chi connectivity index (χ2n) is 15.9. The third-order valence-electron chi connectivity index (χ3n) is 11.5. The summed E-state index contributed by atoms with van der Waals surface area (Å²) >= 11 is 0. The molecule has 63 heavy (non-hydrogen) atoms. The molecule has 1 aliphatic rings. The van der Waals surface area contributed by atoms with Crippen molar-refractivity contribution in [2.24, 2.45) is 5.92 Å². The fourth-order valence-corrected chi connectivity index (χ4v) is 8.03. The number of aliphatic hydroxyl groups excluding tert-OH is 3. The number of phenolic OH excluding ortho intramolecular Hbond substituents is 1. The van der Waals surface area contributed by atoms with E-state index in [2.05, 4.69) is 52.5 Å². The topological polar surface area (TPSA) is 170 Å². The fraction of sp³-hybridized carbons (Fsp3) is 0.353. The van der Waals surface area contributed by atoms with Gasteiger partial charge in [0, 0.05) is 80.2 Å². The largest absolute Gasteiger partial charge is 0.508 e. The first kappa shape index (κ1) is 45.0. The predicted molar refractivity (Wildman–Crippen MR) is 248 cm³/mol. The monoisotopic (exact) mass is 857 g/mol. The highest BCUT2D eigenvalue weighted by Crippen LogP contribution is 2.48. The number of aromatic amines is 1. The van der Waals surface area contributed by atoms with Gasteiger partial charge in [0.1, 0.15) is 28.3 Å². The molecule has 2 aromatic heterocycles. The number of nitrogens with zero attached hydrogens (tertiary/aromatic N) is 1. The van der Waals surface area contributed by atoms with E-state index in [0.717, 1.165) is 60.7 Å². The van der Waals surface area contributed by atoms with Crippen LogP contribution in [0.1, 0.15) is 48.6 Å². The number of piperazine rings is 1. The Morgan fingerprint density at radius 1 is 0.873 bits per heavy atom. The number of rotatable bonds is 21. The van der Waals surface area contributed by atoms with Crippen LogP contribution in [0.2, 0.25) is 0 Å². The molecule has 0 bridgehead atoms. The molecule has 0 saturated carbocycles. The number of hydrogen-bond donors (Lipinski definition) is 6. The fourth-order valence-electron chi connectivity index (χ4n) is 8.03. The quantitative estimate of drug-likeness (QED) is 0.0423. The van der Waals surface area contributed by atoms with Gasteiger partial charge in [-0.05, 0) is 79.1 Å². The van der Waals surface area contributed by atoms with Crippen LogP contribution < -0.4 is 29.9 Å². The molecule has 1 fully saturated rings. The molecule has 7 rings (SSSR count). The van der Waals surface area contributed by atoms with Crippen molar-refractivity contribution >= 4 is 22.9 Å². The molecule has 0 amide bonds. The average Bonchev–Trinajstić information content (AvgIpc) is 3.76. The van der Waals surface area contributed by atoms with Gasteiger partial charge >= 0.3 is 0 Å². The van der Waals surface area contributed by atoms with Crippen molar-refractivity contribution < 1.29 is 39.1 Å². The van der Waals surface area contributed by atoms with Gasteiger partial charge in [-0.3, -0.25) is 4.79 Å². The number of methoxy groups -OCH3 is 1. The molecule has 12 heteroatoms. The molecule has 0 aliphatic carbocycles. The maximum Gasteiger partial charge on any atom is 0.204 e. The van der Waals surface area contributed by atoms with Gasteiger partial charge < -0.3 is 54.3 Å². The molecule has 3 heterocycles. The van der Waals surface area contributed by atoms with Crippen molar-refractivity contribution in [3.8, 4) is 45.4 Å². The zero-order valence-electron chi connectivity index (χ0n) is 36.1. The van der Waals surface area contributed by atoms with E-state index >= 15 is 0 Å². The van der Waals surface area contributed by atoms with Crippen LogP contribution in [0.4, 0.5) is 5.82 Å². The summed E-state index contributed by atoms with van der Waals surface area (Å²) in [4.78, 5) is 20.5. The lowest BCUT2D eigenvalue weighted by Gasteiger charge is -2.29. The van der Waals surface area contributed by atoms with Crippen molar-refractivity contribution in [1.82, 2.24) is 10.3 Å². The van der Waals surface area contributed by atoms with E-state index in [1.165, 1.54) is 31.0 Å². The Kier molecular flexibility index (Phi) is 15.6. The highest BCUT2D eigenvalue weighted by molar-refractivity contribution is 5.93. The number of nitrogens with one attached hydrogen (secondary N) is 2. The Balaban J connectivity index is 1.30. The number of phenols is 1. The summed E-state index contributed by atoms with van der Waals surface area (Å²) in [6, 6.07) is 28.2. The summed E-state index contributed by atoms with van der Waals surface area (Å²) in [7, 11) is 1.49. The van der Waals surface area contributed by atoms with Crippen LogP contribution in [0.25, 0.3) is 39.5 Å². The summed E-state index contributed by atoms with van der Waals surface area (Å²) in [5.74, 6) is 1.82. The number of benzene rings is 4. The number of aromatic nitrogens is 1. The molecule has 6 N–H and O–H groups in total. The molecule has 1 aliphatic heterocycles. The smallest absolute Gasteiger partial charge is 0.204 e. The van der Waals surface area contributed by atoms with Gasteiger partial charge in [-0.1, -0.05) is 73.7 Å². The Hall–Kier alpha value is -6.05. The highest BCUT2D eigenvalue weighted by Gasteiger charge is 2.29. The van der Waals surface area contributed by atoms with E-state index in [-0.39, 0.29) is 78.2 Å². The van der Waals surface area contributed by atoms with Crippen molar-refractivity contribution in [1.29, 1.82) is 0 Å². The van der Waals surface area contributed by atoms with Gasteiger partial charge in [0.25, 0.3) is 0 Å². The first-order chi connectivity index (χ1) is 30.8. The molecule has 1 saturated heterocycles. The maximum absolute atomic E-state index is 14.4. The summed E-state index contributed by atoms with van der Waals surface area (Å²) in [5.41, 5.74) is 6.47. The molecule has 2 atom stereocenters. The number of aryl methyl sites for hydroxylation is 3. The molecule has 4 aromatic carbocycles. The van der Waals surface area contributed by atoms with Crippen LogP contribution in [0.5, 0.6) is 23.0 Å². The molecular weight excluding hydrogens is 799 g/mol. The minimum atomic E-state index is -0.838. The molecular formula is C51H59N3O9. The third-order valence-corrected chi connectivity index (χ3v) is 11.5. The Morgan fingerprint density at radius 3 is 2.40 bits per heavy atom. The number of aromatic hydroxyl groups is 1. The number of anilines is 1. The van der Waals surface area contributed by atoms with E-state index in [4.69, 9.17) is 18.6 Å². The van der Waals surface area contributed by atoms with Crippen LogP contribution in [-0.4, -0.2) is 91.2 Å². The standard InChI is InChI=1S/C51H59N3O9/c1-3-39-30-43(51(53-39)54-25-23-52-24-26-54)38-13-7-11-35(29-38)15-21-42-47-46(44(59)31-45(63-47)37-16-19-40(57)20-17-37)49(50(60-2)48(42)62-33-36(32-56)12-8-27-55)61-28-22-41(58)18-14-34-9-5-4-6-10-34/h4-7,9-11,13-14,16-20,29-31,36,41,52-53,55-58H,3,8,12,15,21-28,32-33H2,1-2H3. The molecule has 332 valence electrons. The lowest BCUT2D eigenvalue weighted by molar-refractivity contribution is 0.143. The van der Waals surface area contributed by atoms with Crippen molar-refractivity contribution in [2.45, 2.75) is 51.6 Å². The molecule has 0 radical (unpaired) electrons. The lowest BCUT2D eigenvalue weighted by Crippen LogP contribution is -2.43. The first-order valence-electron chi connectivity index (χ1n) is 22.0. The SMILES string of the molecule is CCc1cc(-c2cccc(CCc3c(OCC(CO)CCCO)c(OC)c(OCCC(O)C=Cc4ccccc4)c4c(=O)cc(-c5ccc(O)cc5)oc34)c2)c(N2CCNCC2)[nH]1. The van der Waals surface area contributed by atoms with E-state index in [1.54, 1.807) is 18.2 Å². The van der Waals surface area contributed by atoms with Gasteiger partial charge in [0.15, 0.2) is 16.9 Å². The number of hydrogen-bond acceptors (Lipinski definition) is 11. The summed E-state index contributed by atoms with van der Waals surface area (Å²) < 4.78 is 25.9. The molecule has 6 aromatic rings. The zero-order chi connectivity index (χ0) is 44.1. The predicted octanol–water partition coefficient (Wildman–Crippen LogP) is 7.53. The van der Waals surface area contributed by atoms with Crippen molar-refractivity contribution in [3.05, 3.63) is 130 Å². The van der Waals surface area contributed by atoms with Gasteiger partial charge in [0.05, 0.1) is 26.4 Å². The van der Waals surface area contributed by atoms with Crippen LogP contribution in [-0.2, 0) is 19.3 Å². The minimum Gasteiger partial charge on any atom is -0.508 e. The van der Waals surface area contributed by atoms with Gasteiger partial charge in [-0.2, -0.15) is 0 Å². The summed E-state index contributed by atoms with van der Waals surface area (Å²) in [5, 5.41) is 44.5. The number of aliphatic hydroxyl groups is 3. The van der Waals surface area contributed by atoms with E-state index in [1.807, 2.05) is 36.4 Å². The highest BCUT2D eigenvalue weighted by atomic mass is 16.5. The Bertz CT molecular complexity index is 2490. The van der Waals surface area contributed by atoms with E-state index < -0.39 is 6.10 Å². The van der Waals surface area contributed by atoms with Crippen LogP contribution in [0.3, 0.4) is 0 Å². The van der Waals surface area contributed by atoms with Gasteiger partial charge in [-0.15, -0.1) is 0 Å². The second kappa shape index (κ2) is 21.8. The summed E-state index contributed by atoms with van der Waals surface area (Å²) in [6.07, 6.45) is 5.73. The minimum absolute atomic E-state index is 0.0189. The zero-order valence-corrected chi connectivity index (χ0v) is 36.1. The van der Waals surface area contributed by atoms with Crippen LogP contribution >= 0.6 is 0 Å². The van der Waals surface area contributed by atoms with E-state index in [0.29, 0.717) is 42.6 Å². The van der Waals surface area contributed by atoms with Crippen molar-refractivity contribution in [2.75, 3.05) is 64.6 Å². The van der Waals surface area contributed by atoms with Gasteiger partial charge in [0.2, 0.25) is 5.75 Å². The number of H-pyrrole nitrogens is 1. The van der Waals surface area contributed by atoms with Gasteiger partial charge in [-0.25, -0.2) is 0 Å². The number of ether oxygens (including phenoxy) is 3. The maximum atomic E-state index is 14.4. The first-order valence-corrected chi connectivity index (χ1v) is 22.0. The Morgan fingerprint density at radius 2 is 1.67 bits per heavy atom. The second-order valence-corrected chi connectivity index (χ2v) is 15.9. The third kappa shape index (κ3) is 11.1. The molecule has 0 spiro atoms. The molecule has 2 unspecified atom stereocenters. The number of fused-ring (bicyclic) bond motifs is 1. The lowest BCUT2D eigenvalue weighted by atomic mass is 9.97. The van der Waals surface area contributed by atoms with Crippen LogP contribution in [0, 0.1) is 5.92 Å². The Labute approximate surface area is 368 Å². The van der Waals surface area contributed by atoms with E-state index in [9.17, 15) is 25.2 Å². The summed E-state index contributed by atoms with van der Waals surface area (Å²) in [6.45, 7) is 5.75. The average molecular weight is 858 g/mol. The van der Waals surface area contributed by atoms with Crippen LogP contribution in [0.15, 0.2) is 106 Å².